The van der Waals surface area contributed by atoms with E-state index in [-0.39, 0.29) is 10.7 Å². The minimum Gasteiger partial charge on any atom is -0.464 e. The Balaban J connectivity index is 2.49. The molecule has 0 fully saturated rings. The van der Waals surface area contributed by atoms with E-state index in [9.17, 15) is 9.18 Å². The lowest BCUT2D eigenvalue weighted by molar-refractivity contribution is 0.0594. The van der Waals surface area contributed by atoms with Gasteiger partial charge in [0.25, 0.3) is 0 Å². The second kappa shape index (κ2) is 5.04. The summed E-state index contributed by atoms with van der Waals surface area (Å²) in [7, 11) is 1.30. The van der Waals surface area contributed by atoms with Crippen LogP contribution in [0.2, 0.25) is 5.02 Å². The van der Waals surface area contributed by atoms with Gasteiger partial charge in [0.05, 0.1) is 12.1 Å². The lowest BCUT2D eigenvalue weighted by Crippen LogP contribution is -2.03. The van der Waals surface area contributed by atoms with Crippen LogP contribution in [-0.4, -0.2) is 18.1 Å². The Morgan fingerprint density at radius 3 is 2.83 bits per heavy atom. The predicted octanol–water partition coefficient (Wildman–Crippen LogP) is 3.70. The van der Waals surface area contributed by atoms with Crippen molar-refractivity contribution >= 4 is 28.9 Å². The molecule has 1 heterocycles. The van der Waals surface area contributed by atoms with Gasteiger partial charge >= 0.3 is 5.97 Å². The standard InChI is InChI=1S/C12H9ClFNO2S/c1-6-10(12(16)17-2)15-11(18-6)8-4-3-7(14)5-9(8)13/h3-5H,1-2H3. The zero-order chi connectivity index (χ0) is 13.3. The monoisotopic (exact) mass is 285 g/mol. The topological polar surface area (TPSA) is 39.2 Å². The molecular formula is C12H9ClFNO2S. The average Bonchev–Trinajstić information content (AvgIpc) is 2.70. The van der Waals surface area contributed by atoms with Crippen LogP contribution in [0.15, 0.2) is 18.2 Å². The number of esters is 1. The Hall–Kier alpha value is -1.46. The molecule has 0 bridgehead atoms. The maximum absolute atomic E-state index is 13.0. The number of aryl methyl sites for hydroxylation is 1. The van der Waals surface area contributed by atoms with Crippen molar-refractivity contribution in [1.82, 2.24) is 4.98 Å². The number of benzene rings is 1. The second-order valence-corrected chi connectivity index (χ2v) is 5.15. The fourth-order valence-electron chi connectivity index (χ4n) is 1.46. The van der Waals surface area contributed by atoms with E-state index >= 15 is 0 Å². The number of rotatable bonds is 2. The molecule has 1 aromatic carbocycles. The van der Waals surface area contributed by atoms with Crippen LogP contribution in [0.3, 0.4) is 0 Å². The highest BCUT2D eigenvalue weighted by molar-refractivity contribution is 7.15. The van der Waals surface area contributed by atoms with E-state index in [1.165, 1.54) is 36.6 Å². The van der Waals surface area contributed by atoms with E-state index in [2.05, 4.69) is 9.72 Å². The van der Waals surface area contributed by atoms with Crippen LogP contribution in [-0.2, 0) is 4.74 Å². The van der Waals surface area contributed by atoms with Gasteiger partial charge in [-0.05, 0) is 25.1 Å². The summed E-state index contributed by atoms with van der Waals surface area (Å²) < 4.78 is 17.6. The third-order valence-corrected chi connectivity index (χ3v) is 3.65. The quantitative estimate of drug-likeness (QED) is 0.790. The Kier molecular flexibility index (Phi) is 3.63. The molecule has 0 N–H and O–H groups in total. The zero-order valence-electron chi connectivity index (χ0n) is 9.66. The number of hydrogen-bond donors (Lipinski definition) is 0. The van der Waals surface area contributed by atoms with E-state index in [0.717, 1.165) is 4.88 Å². The van der Waals surface area contributed by atoms with Gasteiger partial charge in [0.2, 0.25) is 0 Å². The van der Waals surface area contributed by atoms with Gasteiger partial charge in [0, 0.05) is 10.4 Å². The number of methoxy groups -OCH3 is 1. The summed E-state index contributed by atoms with van der Waals surface area (Å²) >= 11 is 7.26. The first-order valence-electron chi connectivity index (χ1n) is 5.04. The molecule has 2 rings (SSSR count). The fourth-order valence-corrected chi connectivity index (χ4v) is 2.71. The third kappa shape index (κ3) is 2.37. The molecule has 6 heteroatoms. The lowest BCUT2D eigenvalue weighted by Gasteiger charge is -1.99. The molecule has 0 unspecified atom stereocenters. The van der Waals surface area contributed by atoms with Crippen LogP contribution < -0.4 is 0 Å². The Morgan fingerprint density at radius 1 is 1.50 bits per heavy atom. The largest absolute Gasteiger partial charge is 0.464 e. The predicted molar refractivity (Wildman–Crippen MR) is 68.6 cm³/mol. The molecule has 0 spiro atoms. The molecule has 1 aromatic heterocycles. The van der Waals surface area contributed by atoms with E-state index in [1.807, 2.05) is 0 Å². The van der Waals surface area contributed by atoms with Crippen molar-refractivity contribution in [2.24, 2.45) is 0 Å². The normalized spacial score (nSPS) is 10.4. The average molecular weight is 286 g/mol. The summed E-state index contributed by atoms with van der Waals surface area (Å²) in [5.41, 5.74) is 0.860. The fraction of sp³-hybridized carbons (Fsp3) is 0.167. The molecule has 0 saturated carbocycles. The Bertz CT molecular complexity index is 612. The molecule has 18 heavy (non-hydrogen) atoms. The number of ether oxygens (including phenoxy) is 1. The summed E-state index contributed by atoms with van der Waals surface area (Å²) in [5.74, 6) is -0.904. The first-order chi connectivity index (χ1) is 8.52. The Labute approximate surface area is 112 Å². The minimum atomic E-state index is -0.492. The van der Waals surface area contributed by atoms with Crippen LogP contribution >= 0.6 is 22.9 Å². The highest BCUT2D eigenvalue weighted by Gasteiger charge is 2.18. The Morgan fingerprint density at radius 2 is 2.22 bits per heavy atom. The number of hydrogen-bond acceptors (Lipinski definition) is 4. The lowest BCUT2D eigenvalue weighted by atomic mass is 10.2. The molecule has 0 aliphatic heterocycles. The van der Waals surface area contributed by atoms with E-state index in [0.29, 0.717) is 10.6 Å². The smallest absolute Gasteiger partial charge is 0.357 e. The summed E-state index contributed by atoms with van der Waals surface area (Å²) in [6, 6.07) is 4.05. The molecule has 0 amide bonds. The van der Waals surface area contributed by atoms with Crippen molar-refractivity contribution in [3.8, 4) is 10.6 Å². The van der Waals surface area contributed by atoms with Gasteiger partial charge in [-0.2, -0.15) is 0 Å². The van der Waals surface area contributed by atoms with Crippen molar-refractivity contribution < 1.29 is 13.9 Å². The SMILES string of the molecule is COC(=O)c1nc(-c2ccc(F)cc2Cl)sc1C. The van der Waals surface area contributed by atoms with Gasteiger partial charge in [-0.25, -0.2) is 14.2 Å². The van der Waals surface area contributed by atoms with Crippen molar-refractivity contribution in [1.29, 1.82) is 0 Å². The van der Waals surface area contributed by atoms with E-state index in [4.69, 9.17) is 11.6 Å². The number of thiazole rings is 1. The van der Waals surface area contributed by atoms with Crippen LogP contribution in [0.25, 0.3) is 10.6 Å². The third-order valence-electron chi connectivity index (χ3n) is 2.34. The minimum absolute atomic E-state index is 0.262. The molecule has 2 aromatic rings. The van der Waals surface area contributed by atoms with Crippen LogP contribution in [0, 0.1) is 12.7 Å². The van der Waals surface area contributed by atoms with Gasteiger partial charge in [-0.15, -0.1) is 11.3 Å². The van der Waals surface area contributed by atoms with Gasteiger partial charge < -0.3 is 4.74 Å². The summed E-state index contributed by atoms with van der Waals surface area (Å²) in [6.07, 6.45) is 0. The summed E-state index contributed by atoms with van der Waals surface area (Å²) in [4.78, 5) is 16.4. The number of nitrogens with zero attached hydrogens (tertiary/aromatic N) is 1. The molecule has 0 aliphatic rings. The molecular weight excluding hydrogens is 277 g/mol. The van der Waals surface area contributed by atoms with Crippen LogP contribution in [0.5, 0.6) is 0 Å². The highest BCUT2D eigenvalue weighted by atomic mass is 35.5. The first kappa shape index (κ1) is 13.0. The van der Waals surface area contributed by atoms with Crippen molar-refractivity contribution in [2.45, 2.75) is 6.92 Å². The van der Waals surface area contributed by atoms with Gasteiger partial charge in [0.15, 0.2) is 5.69 Å². The summed E-state index contributed by atoms with van der Waals surface area (Å²) in [5, 5.41) is 0.832. The molecule has 0 saturated heterocycles. The molecule has 3 nitrogen and oxygen atoms in total. The van der Waals surface area contributed by atoms with Crippen LogP contribution in [0.1, 0.15) is 15.4 Å². The van der Waals surface area contributed by atoms with E-state index in [1.54, 1.807) is 6.92 Å². The first-order valence-corrected chi connectivity index (χ1v) is 6.23. The molecule has 0 radical (unpaired) electrons. The van der Waals surface area contributed by atoms with Crippen molar-refractivity contribution in [2.75, 3.05) is 7.11 Å². The van der Waals surface area contributed by atoms with Crippen LogP contribution in [0.4, 0.5) is 4.39 Å². The molecule has 94 valence electrons. The molecule has 0 atom stereocenters. The number of aromatic nitrogens is 1. The van der Waals surface area contributed by atoms with Crippen molar-refractivity contribution in [3.05, 3.63) is 39.6 Å². The molecule has 0 aliphatic carbocycles. The highest BCUT2D eigenvalue weighted by Crippen LogP contribution is 2.33. The maximum Gasteiger partial charge on any atom is 0.357 e. The van der Waals surface area contributed by atoms with Gasteiger partial charge in [0.1, 0.15) is 10.8 Å². The van der Waals surface area contributed by atoms with E-state index < -0.39 is 11.8 Å². The zero-order valence-corrected chi connectivity index (χ0v) is 11.2. The van der Waals surface area contributed by atoms with Crippen molar-refractivity contribution in [3.63, 3.8) is 0 Å². The van der Waals surface area contributed by atoms with Gasteiger partial charge in [-0.1, -0.05) is 11.6 Å². The number of halogens is 2. The maximum atomic E-state index is 13.0. The van der Waals surface area contributed by atoms with Gasteiger partial charge in [-0.3, -0.25) is 0 Å². The second-order valence-electron chi connectivity index (χ2n) is 3.54. The summed E-state index contributed by atoms with van der Waals surface area (Å²) in [6.45, 7) is 1.77. The number of carbonyl (C=O) groups is 1. The number of carbonyl (C=O) groups excluding carboxylic acids is 1.